The lowest BCUT2D eigenvalue weighted by Gasteiger charge is -2.14. The van der Waals surface area contributed by atoms with E-state index in [2.05, 4.69) is 26.5 Å². The zero-order valence-corrected chi connectivity index (χ0v) is 19.0. The molecule has 0 aromatic heterocycles. The van der Waals surface area contributed by atoms with E-state index in [-0.39, 0.29) is 11.2 Å². The van der Waals surface area contributed by atoms with E-state index in [0.717, 1.165) is 6.42 Å². The van der Waals surface area contributed by atoms with Gasteiger partial charge in [-0.2, -0.15) is 0 Å². The summed E-state index contributed by atoms with van der Waals surface area (Å²) in [6.45, 7) is 4.34. The van der Waals surface area contributed by atoms with Gasteiger partial charge in [-0.25, -0.2) is 0 Å². The lowest BCUT2D eigenvalue weighted by molar-refractivity contribution is -0.110. The highest BCUT2D eigenvalue weighted by molar-refractivity contribution is 7.96. The minimum Gasteiger partial charge on any atom is -0.484 e. The summed E-state index contributed by atoms with van der Waals surface area (Å²) in [5.41, 5.74) is 0. The van der Waals surface area contributed by atoms with Gasteiger partial charge in [-0.05, 0) is 32.0 Å². The Morgan fingerprint density at radius 1 is 0.808 bits per heavy atom. The summed E-state index contributed by atoms with van der Waals surface area (Å²) < 4.78 is 5.66. The summed E-state index contributed by atoms with van der Waals surface area (Å²) in [4.78, 5) is 10.8. The molecule has 0 radical (unpaired) electrons. The molecule has 0 aliphatic carbocycles. The van der Waals surface area contributed by atoms with Crippen LogP contribution in [-0.4, -0.2) is 16.3 Å². The molecule has 1 unspecified atom stereocenters. The molecule has 0 saturated carbocycles. The van der Waals surface area contributed by atoms with Crippen molar-refractivity contribution in [3.63, 3.8) is 0 Å². The lowest BCUT2D eigenvalue weighted by atomic mass is 10.0. The van der Waals surface area contributed by atoms with E-state index in [1.807, 2.05) is 0 Å². The molecule has 0 aliphatic rings. The smallest absolute Gasteiger partial charge is 0.186 e. The van der Waals surface area contributed by atoms with Crippen molar-refractivity contribution in [3.8, 4) is 0 Å². The maximum atomic E-state index is 10.8. The van der Waals surface area contributed by atoms with E-state index in [1.165, 1.54) is 89.9 Å². The standard InChI is InChI=1S/C22H42O2S2/c1-3-4-5-6-7-8-9-10-11-12-13-14-15-16-17-20(2)24-22(26)19-18-21(23)25/h20H,3-19H2,1-2H3,(H,23,25). The minimum atomic E-state index is -0.129. The topological polar surface area (TPSA) is 26.3 Å². The number of carbonyl (C=O) groups is 1. The second kappa shape index (κ2) is 19.7. The molecule has 0 heterocycles. The molecule has 154 valence electrons. The SMILES string of the molecule is CCCCCCCCCCCCCCCCC(C)OC(=S)CCC(=O)S. The third-order valence-electron chi connectivity index (χ3n) is 4.84. The molecule has 0 aliphatic heterocycles. The number of unbranched alkanes of at least 4 members (excludes halogenated alkanes) is 13. The molecule has 26 heavy (non-hydrogen) atoms. The van der Waals surface area contributed by atoms with Crippen LogP contribution in [-0.2, 0) is 9.53 Å². The normalized spacial score (nSPS) is 12.1. The Morgan fingerprint density at radius 3 is 1.65 bits per heavy atom. The van der Waals surface area contributed by atoms with E-state index < -0.39 is 0 Å². The predicted molar refractivity (Wildman–Crippen MR) is 121 cm³/mol. The zero-order valence-electron chi connectivity index (χ0n) is 17.3. The van der Waals surface area contributed by atoms with Crippen LogP contribution in [0.3, 0.4) is 0 Å². The van der Waals surface area contributed by atoms with Crippen LogP contribution in [0, 0.1) is 0 Å². The molecule has 0 fully saturated rings. The van der Waals surface area contributed by atoms with Gasteiger partial charge < -0.3 is 4.74 Å². The van der Waals surface area contributed by atoms with E-state index in [4.69, 9.17) is 17.0 Å². The quantitative estimate of drug-likeness (QED) is 0.135. The van der Waals surface area contributed by atoms with Crippen LogP contribution in [0.15, 0.2) is 0 Å². The van der Waals surface area contributed by atoms with E-state index in [9.17, 15) is 4.79 Å². The molecule has 0 saturated heterocycles. The van der Waals surface area contributed by atoms with E-state index in [0.29, 0.717) is 17.9 Å². The lowest BCUT2D eigenvalue weighted by Crippen LogP contribution is -2.13. The highest BCUT2D eigenvalue weighted by Gasteiger charge is 2.07. The van der Waals surface area contributed by atoms with Crippen molar-refractivity contribution >= 4 is 35.0 Å². The monoisotopic (exact) mass is 402 g/mol. The van der Waals surface area contributed by atoms with Crippen molar-refractivity contribution in [3.05, 3.63) is 0 Å². The van der Waals surface area contributed by atoms with Crippen molar-refractivity contribution in [1.82, 2.24) is 0 Å². The Labute approximate surface area is 173 Å². The van der Waals surface area contributed by atoms with Gasteiger partial charge in [0.2, 0.25) is 0 Å². The summed E-state index contributed by atoms with van der Waals surface area (Å²) in [5.74, 6) is 0. The van der Waals surface area contributed by atoms with Crippen molar-refractivity contribution < 1.29 is 9.53 Å². The molecule has 2 nitrogen and oxygen atoms in total. The Balaban J connectivity index is 3.25. The fourth-order valence-corrected chi connectivity index (χ4v) is 3.56. The fourth-order valence-electron chi connectivity index (χ4n) is 3.18. The number of hydrogen-bond acceptors (Lipinski definition) is 3. The van der Waals surface area contributed by atoms with Crippen LogP contribution < -0.4 is 0 Å². The van der Waals surface area contributed by atoms with Crippen LogP contribution in [0.4, 0.5) is 0 Å². The highest BCUT2D eigenvalue weighted by atomic mass is 32.1. The second-order valence-corrected chi connectivity index (χ2v) is 8.53. The summed E-state index contributed by atoms with van der Waals surface area (Å²) in [5, 5.41) is 0.417. The number of carbonyl (C=O) groups excluding carboxylic acids is 1. The van der Waals surface area contributed by atoms with Gasteiger partial charge in [0.1, 0.15) is 0 Å². The van der Waals surface area contributed by atoms with E-state index >= 15 is 0 Å². The first-order valence-corrected chi connectivity index (χ1v) is 11.8. The molecule has 1 atom stereocenters. The molecule has 0 aromatic rings. The van der Waals surface area contributed by atoms with Gasteiger partial charge in [0.05, 0.1) is 6.10 Å². The largest absolute Gasteiger partial charge is 0.484 e. The van der Waals surface area contributed by atoms with Crippen LogP contribution in [0.25, 0.3) is 0 Å². The van der Waals surface area contributed by atoms with Gasteiger partial charge in [-0.1, -0.05) is 90.4 Å². The Hall–Kier alpha value is -0.0900. The molecule has 0 rings (SSSR count). The molecule has 0 amide bonds. The molecule has 0 bridgehead atoms. The first-order valence-electron chi connectivity index (χ1n) is 11.0. The maximum absolute atomic E-state index is 10.8. The first-order chi connectivity index (χ1) is 12.6. The van der Waals surface area contributed by atoms with Crippen LogP contribution >= 0.6 is 24.8 Å². The zero-order chi connectivity index (χ0) is 19.5. The molecular weight excluding hydrogens is 360 g/mol. The molecule has 0 aromatic carbocycles. The summed E-state index contributed by atoms with van der Waals surface area (Å²) in [6.07, 6.45) is 21.4. The molecule has 0 N–H and O–H groups in total. The van der Waals surface area contributed by atoms with Gasteiger partial charge in [0.25, 0.3) is 0 Å². The summed E-state index contributed by atoms with van der Waals surface area (Å²) in [7, 11) is 0. The highest BCUT2D eigenvalue weighted by Crippen LogP contribution is 2.14. The third kappa shape index (κ3) is 20.2. The number of thiol groups is 1. The first kappa shape index (κ1) is 25.9. The Kier molecular flexibility index (Phi) is 19.6. The van der Waals surface area contributed by atoms with Crippen molar-refractivity contribution in [2.24, 2.45) is 0 Å². The van der Waals surface area contributed by atoms with Crippen LogP contribution in [0.2, 0.25) is 0 Å². The summed E-state index contributed by atoms with van der Waals surface area (Å²) >= 11 is 8.89. The average Bonchev–Trinajstić information content (AvgIpc) is 2.60. The van der Waals surface area contributed by atoms with Gasteiger partial charge in [-0.15, -0.1) is 12.6 Å². The average molecular weight is 403 g/mol. The Bertz CT molecular complexity index is 345. The van der Waals surface area contributed by atoms with Crippen LogP contribution in [0.1, 0.15) is 123 Å². The van der Waals surface area contributed by atoms with Crippen LogP contribution in [0.5, 0.6) is 0 Å². The van der Waals surface area contributed by atoms with Crippen molar-refractivity contribution in [2.75, 3.05) is 0 Å². The van der Waals surface area contributed by atoms with E-state index in [1.54, 1.807) is 0 Å². The van der Waals surface area contributed by atoms with Crippen molar-refractivity contribution in [2.45, 2.75) is 129 Å². The minimum absolute atomic E-state index is 0.129. The molecule has 0 spiro atoms. The number of hydrogen-bond donors (Lipinski definition) is 1. The fraction of sp³-hybridized carbons (Fsp3) is 0.909. The number of thiocarbonyl (C=S) groups is 1. The summed E-state index contributed by atoms with van der Waals surface area (Å²) in [6, 6.07) is 0. The third-order valence-corrected chi connectivity index (χ3v) is 5.36. The Morgan fingerprint density at radius 2 is 1.23 bits per heavy atom. The van der Waals surface area contributed by atoms with Gasteiger partial charge >= 0.3 is 0 Å². The predicted octanol–water partition coefficient (Wildman–Crippen LogP) is 7.83. The van der Waals surface area contributed by atoms with Gasteiger partial charge in [-0.3, -0.25) is 4.79 Å². The number of rotatable bonds is 19. The maximum Gasteiger partial charge on any atom is 0.186 e. The molecular formula is C22H42O2S2. The number of ether oxygens (including phenoxy) is 1. The van der Waals surface area contributed by atoms with Gasteiger partial charge in [0.15, 0.2) is 10.2 Å². The van der Waals surface area contributed by atoms with Gasteiger partial charge in [0, 0.05) is 12.8 Å². The molecule has 4 heteroatoms. The second-order valence-electron chi connectivity index (χ2n) is 7.58. The van der Waals surface area contributed by atoms with Crippen molar-refractivity contribution in [1.29, 1.82) is 0 Å².